The van der Waals surface area contributed by atoms with Gasteiger partial charge in [-0.15, -0.1) is 14.8 Å². The predicted molar refractivity (Wildman–Crippen MR) is 80.2 cm³/mol. The molecule has 0 N–H and O–H groups in total. The number of hydrogen-bond donors (Lipinski definition) is 0. The van der Waals surface area contributed by atoms with Crippen molar-refractivity contribution in [3.05, 3.63) is 18.0 Å². The van der Waals surface area contributed by atoms with Gasteiger partial charge in [-0.3, -0.25) is 0 Å². The van der Waals surface area contributed by atoms with E-state index in [4.69, 9.17) is 0 Å². The quantitative estimate of drug-likeness (QED) is 0.817. The molecule has 114 valence electrons. The summed E-state index contributed by atoms with van der Waals surface area (Å²) in [7, 11) is -2.96. The second kappa shape index (κ2) is 5.25. The summed E-state index contributed by atoms with van der Waals surface area (Å²) < 4.78 is 24.9. The van der Waals surface area contributed by atoms with E-state index in [1.54, 1.807) is 0 Å². The standard InChI is InChI=1S/C13H19N5O2S/c1-10-14-12-5-6-13(16-18(12)15-10)17-8-3-4-11(7-9-17)21(2,19)20/h5-6,11H,3-4,7-9H2,1-2H3. The lowest BCUT2D eigenvalue weighted by Gasteiger charge is -2.21. The minimum atomic E-state index is -2.96. The molecule has 3 rings (SSSR count). The van der Waals surface area contributed by atoms with E-state index in [1.807, 2.05) is 19.1 Å². The summed E-state index contributed by atoms with van der Waals surface area (Å²) in [5, 5.41) is 8.45. The van der Waals surface area contributed by atoms with Crippen LogP contribution in [0.4, 0.5) is 5.82 Å². The fourth-order valence-corrected chi connectivity index (χ4v) is 3.90. The van der Waals surface area contributed by atoms with Crippen molar-refractivity contribution >= 4 is 21.3 Å². The van der Waals surface area contributed by atoms with Gasteiger partial charge in [0.25, 0.3) is 0 Å². The third kappa shape index (κ3) is 2.99. The number of fused-ring (bicyclic) bond motifs is 1. The van der Waals surface area contributed by atoms with Crippen molar-refractivity contribution in [1.82, 2.24) is 19.8 Å². The zero-order chi connectivity index (χ0) is 15.0. The molecule has 1 saturated heterocycles. The first-order chi connectivity index (χ1) is 9.93. The van der Waals surface area contributed by atoms with Gasteiger partial charge in [-0.25, -0.2) is 13.4 Å². The second-order valence-corrected chi connectivity index (χ2v) is 7.89. The van der Waals surface area contributed by atoms with Crippen LogP contribution in [0.25, 0.3) is 5.65 Å². The molecule has 1 aliphatic heterocycles. The van der Waals surface area contributed by atoms with Gasteiger partial charge < -0.3 is 4.90 Å². The molecule has 0 radical (unpaired) electrons. The van der Waals surface area contributed by atoms with Crippen molar-refractivity contribution in [3.8, 4) is 0 Å². The fourth-order valence-electron chi connectivity index (χ4n) is 2.77. The molecule has 2 aromatic heterocycles. The maximum absolute atomic E-state index is 11.7. The Morgan fingerprint density at radius 1 is 1.19 bits per heavy atom. The van der Waals surface area contributed by atoms with Crippen LogP contribution in [-0.2, 0) is 9.84 Å². The average Bonchev–Trinajstić information content (AvgIpc) is 2.61. The molecular formula is C13H19N5O2S. The van der Waals surface area contributed by atoms with Crippen LogP contribution in [0.3, 0.4) is 0 Å². The summed E-state index contributed by atoms with van der Waals surface area (Å²) >= 11 is 0. The van der Waals surface area contributed by atoms with E-state index in [-0.39, 0.29) is 5.25 Å². The SMILES string of the molecule is Cc1nc2ccc(N3CCCC(S(C)(=O)=O)CC3)nn2n1. The number of nitrogens with zero attached hydrogens (tertiary/aromatic N) is 5. The number of aromatic nitrogens is 4. The molecule has 1 unspecified atom stereocenters. The molecule has 0 saturated carbocycles. The van der Waals surface area contributed by atoms with E-state index in [0.717, 1.165) is 30.9 Å². The molecule has 0 bridgehead atoms. The van der Waals surface area contributed by atoms with Crippen LogP contribution in [-0.4, -0.2) is 52.8 Å². The van der Waals surface area contributed by atoms with Crippen molar-refractivity contribution in [3.63, 3.8) is 0 Å². The molecule has 0 spiro atoms. The first-order valence-corrected chi connectivity index (χ1v) is 9.03. The van der Waals surface area contributed by atoms with Gasteiger partial charge in [-0.1, -0.05) is 0 Å². The zero-order valence-electron chi connectivity index (χ0n) is 12.2. The van der Waals surface area contributed by atoms with Crippen molar-refractivity contribution in [2.24, 2.45) is 0 Å². The van der Waals surface area contributed by atoms with Gasteiger partial charge in [0.1, 0.15) is 15.7 Å². The molecule has 7 nitrogen and oxygen atoms in total. The highest BCUT2D eigenvalue weighted by molar-refractivity contribution is 7.91. The van der Waals surface area contributed by atoms with Gasteiger partial charge in [-0.2, -0.15) is 0 Å². The molecule has 21 heavy (non-hydrogen) atoms. The molecule has 3 heterocycles. The lowest BCUT2D eigenvalue weighted by Crippen LogP contribution is -2.27. The van der Waals surface area contributed by atoms with Crippen LogP contribution >= 0.6 is 0 Å². The lowest BCUT2D eigenvalue weighted by molar-refractivity contribution is 0.573. The van der Waals surface area contributed by atoms with Crippen molar-refractivity contribution < 1.29 is 8.42 Å². The Kier molecular flexibility index (Phi) is 3.56. The van der Waals surface area contributed by atoms with Crippen LogP contribution in [0.5, 0.6) is 0 Å². The van der Waals surface area contributed by atoms with Crippen molar-refractivity contribution in [2.75, 3.05) is 24.2 Å². The summed E-state index contributed by atoms with van der Waals surface area (Å²) in [4.78, 5) is 6.38. The number of sulfone groups is 1. The van der Waals surface area contributed by atoms with Gasteiger partial charge in [0.05, 0.1) is 5.25 Å². The molecule has 0 amide bonds. The first-order valence-electron chi connectivity index (χ1n) is 7.08. The largest absolute Gasteiger partial charge is 0.355 e. The van der Waals surface area contributed by atoms with E-state index in [0.29, 0.717) is 18.8 Å². The smallest absolute Gasteiger partial charge is 0.176 e. The Morgan fingerprint density at radius 2 is 2.00 bits per heavy atom. The summed E-state index contributed by atoms with van der Waals surface area (Å²) in [6.07, 6.45) is 3.55. The van der Waals surface area contributed by atoms with E-state index >= 15 is 0 Å². The molecule has 0 aromatic carbocycles. The monoisotopic (exact) mass is 309 g/mol. The highest BCUT2D eigenvalue weighted by Gasteiger charge is 2.25. The second-order valence-electron chi connectivity index (χ2n) is 5.57. The maximum Gasteiger partial charge on any atom is 0.176 e. The Hall–Kier alpha value is -1.70. The third-order valence-electron chi connectivity index (χ3n) is 3.90. The fraction of sp³-hybridized carbons (Fsp3) is 0.615. The zero-order valence-corrected chi connectivity index (χ0v) is 13.0. The topological polar surface area (TPSA) is 80.5 Å². The van der Waals surface area contributed by atoms with Gasteiger partial charge in [0.2, 0.25) is 0 Å². The van der Waals surface area contributed by atoms with Crippen molar-refractivity contribution in [2.45, 2.75) is 31.4 Å². The molecule has 1 fully saturated rings. The molecule has 0 aliphatic carbocycles. The van der Waals surface area contributed by atoms with Crippen LogP contribution in [0, 0.1) is 6.92 Å². The summed E-state index contributed by atoms with van der Waals surface area (Å²) in [6.45, 7) is 3.35. The minimum absolute atomic E-state index is 0.236. The van der Waals surface area contributed by atoms with Gasteiger partial charge >= 0.3 is 0 Å². The van der Waals surface area contributed by atoms with Gasteiger partial charge in [-0.05, 0) is 38.3 Å². The maximum atomic E-state index is 11.7. The predicted octanol–water partition coefficient (Wildman–Crippen LogP) is 0.836. The number of hydrogen-bond acceptors (Lipinski definition) is 6. The van der Waals surface area contributed by atoms with Crippen molar-refractivity contribution in [1.29, 1.82) is 0 Å². The average molecular weight is 309 g/mol. The Bertz CT molecular complexity index is 755. The lowest BCUT2D eigenvalue weighted by atomic mass is 10.2. The number of anilines is 1. The molecule has 1 atom stereocenters. The van der Waals surface area contributed by atoms with Crippen LogP contribution in [0.1, 0.15) is 25.1 Å². The first kappa shape index (κ1) is 14.2. The number of aryl methyl sites for hydroxylation is 1. The molecule has 8 heteroatoms. The van der Waals surface area contributed by atoms with E-state index in [9.17, 15) is 8.42 Å². The number of rotatable bonds is 2. The van der Waals surface area contributed by atoms with E-state index < -0.39 is 9.84 Å². The molecule has 2 aromatic rings. The van der Waals surface area contributed by atoms with E-state index in [1.165, 1.54) is 10.9 Å². The van der Waals surface area contributed by atoms with Crippen LogP contribution in [0.15, 0.2) is 12.1 Å². The van der Waals surface area contributed by atoms with Gasteiger partial charge in [0, 0.05) is 19.3 Å². The molecule has 1 aliphatic rings. The van der Waals surface area contributed by atoms with Crippen LogP contribution in [0.2, 0.25) is 0 Å². The Morgan fingerprint density at radius 3 is 2.76 bits per heavy atom. The van der Waals surface area contributed by atoms with Gasteiger partial charge in [0.15, 0.2) is 11.5 Å². The normalized spacial score (nSPS) is 20.7. The van der Waals surface area contributed by atoms with E-state index in [2.05, 4.69) is 20.1 Å². The summed E-state index contributed by atoms with van der Waals surface area (Å²) in [6, 6.07) is 3.81. The van der Waals surface area contributed by atoms with Crippen LogP contribution < -0.4 is 4.90 Å². The summed E-state index contributed by atoms with van der Waals surface area (Å²) in [5.74, 6) is 1.51. The highest BCUT2D eigenvalue weighted by atomic mass is 32.2. The summed E-state index contributed by atoms with van der Waals surface area (Å²) in [5.41, 5.74) is 0.722. The highest BCUT2D eigenvalue weighted by Crippen LogP contribution is 2.21. The Balaban J connectivity index is 1.82. The Labute approximate surface area is 123 Å². The minimum Gasteiger partial charge on any atom is -0.355 e. The third-order valence-corrected chi connectivity index (χ3v) is 5.59. The molecular weight excluding hydrogens is 290 g/mol.